The summed E-state index contributed by atoms with van der Waals surface area (Å²) in [6.45, 7) is 0. The van der Waals surface area contributed by atoms with Crippen molar-refractivity contribution >= 4 is 15.9 Å². The molecule has 0 bridgehead atoms. The standard InChI is InChI=1S/C11H14BrNO/c1-14-7-5-9-8(10(12)6-7)3-2-4-11(9)13/h5-6,11H,2-4,13H2,1H3/t11-/m0/s1. The molecule has 1 aliphatic carbocycles. The van der Waals surface area contributed by atoms with Gasteiger partial charge < -0.3 is 10.5 Å². The molecule has 76 valence electrons. The second-order valence-corrected chi connectivity index (χ2v) is 4.53. The number of rotatable bonds is 1. The van der Waals surface area contributed by atoms with E-state index in [0.29, 0.717) is 0 Å². The Balaban J connectivity index is 2.51. The van der Waals surface area contributed by atoms with Gasteiger partial charge in [0.15, 0.2) is 0 Å². The molecule has 2 nitrogen and oxygen atoms in total. The molecule has 3 heteroatoms. The number of ether oxygens (including phenoxy) is 1. The fourth-order valence-corrected chi connectivity index (χ4v) is 2.65. The van der Waals surface area contributed by atoms with Gasteiger partial charge in [-0.2, -0.15) is 0 Å². The number of benzene rings is 1. The van der Waals surface area contributed by atoms with Gasteiger partial charge in [-0.15, -0.1) is 0 Å². The van der Waals surface area contributed by atoms with E-state index >= 15 is 0 Å². The Bertz CT molecular complexity index is 351. The first-order chi connectivity index (χ1) is 6.72. The summed E-state index contributed by atoms with van der Waals surface area (Å²) >= 11 is 3.57. The molecule has 0 aliphatic heterocycles. The maximum atomic E-state index is 6.06. The van der Waals surface area contributed by atoms with Crippen molar-refractivity contribution in [2.24, 2.45) is 5.73 Å². The van der Waals surface area contributed by atoms with Crippen molar-refractivity contribution in [2.75, 3.05) is 7.11 Å². The topological polar surface area (TPSA) is 35.2 Å². The molecule has 0 amide bonds. The van der Waals surface area contributed by atoms with Gasteiger partial charge in [-0.1, -0.05) is 15.9 Å². The van der Waals surface area contributed by atoms with Gasteiger partial charge in [0.05, 0.1) is 7.11 Å². The van der Waals surface area contributed by atoms with Crippen molar-refractivity contribution in [2.45, 2.75) is 25.3 Å². The van der Waals surface area contributed by atoms with E-state index < -0.39 is 0 Å². The molecule has 0 spiro atoms. The molecule has 0 unspecified atom stereocenters. The molecule has 0 aromatic heterocycles. The Labute approximate surface area is 92.6 Å². The van der Waals surface area contributed by atoms with Crippen LogP contribution in [0.25, 0.3) is 0 Å². The quantitative estimate of drug-likeness (QED) is 0.838. The summed E-state index contributed by atoms with van der Waals surface area (Å²) < 4.78 is 6.35. The number of nitrogens with two attached hydrogens (primary N) is 1. The van der Waals surface area contributed by atoms with Crippen molar-refractivity contribution in [3.63, 3.8) is 0 Å². The second kappa shape index (κ2) is 3.91. The fourth-order valence-electron chi connectivity index (χ4n) is 2.00. The minimum Gasteiger partial charge on any atom is -0.497 e. The van der Waals surface area contributed by atoms with Crippen LogP contribution < -0.4 is 10.5 Å². The van der Waals surface area contributed by atoms with E-state index in [4.69, 9.17) is 10.5 Å². The number of methoxy groups -OCH3 is 1. The number of halogens is 1. The van der Waals surface area contributed by atoms with E-state index in [9.17, 15) is 0 Å². The highest BCUT2D eigenvalue weighted by Crippen LogP contribution is 2.36. The fraction of sp³-hybridized carbons (Fsp3) is 0.455. The van der Waals surface area contributed by atoms with E-state index in [1.54, 1.807) is 7.11 Å². The van der Waals surface area contributed by atoms with Crippen LogP contribution in [0.2, 0.25) is 0 Å². The highest BCUT2D eigenvalue weighted by molar-refractivity contribution is 9.10. The summed E-state index contributed by atoms with van der Waals surface area (Å²) in [6, 6.07) is 4.24. The first-order valence-corrected chi connectivity index (χ1v) is 5.63. The summed E-state index contributed by atoms with van der Waals surface area (Å²) in [4.78, 5) is 0. The van der Waals surface area contributed by atoms with Crippen LogP contribution in [-0.2, 0) is 6.42 Å². The third-order valence-electron chi connectivity index (χ3n) is 2.78. The Morgan fingerprint density at radius 1 is 1.50 bits per heavy atom. The molecule has 1 atom stereocenters. The van der Waals surface area contributed by atoms with Crippen LogP contribution in [0.5, 0.6) is 5.75 Å². The molecule has 1 aromatic carbocycles. The molecule has 0 saturated heterocycles. The minimum atomic E-state index is 0.171. The zero-order valence-electron chi connectivity index (χ0n) is 8.22. The van der Waals surface area contributed by atoms with E-state index in [-0.39, 0.29) is 6.04 Å². The van der Waals surface area contributed by atoms with Gasteiger partial charge in [0, 0.05) is 10.5 Å². The Morgan fingerprint density at radius 2 is 2.29 bits per heavy atom. The van der Waals surface area contributed by atoms with E-state index in [2.05, 4.69) is 22.0 Å². The minimum absolute atomic E-state index is 0.171. The molecular formula is C11H14BrNO. The molecule has 2 N–H and O–H groups in total. The molecule has 0 heterocycles. The summed E-state index contributed by atoms with van der Waals surface area (Å²) in [5, 5.41) is 0. The number of hydrogen-bond acceptors (Lipinski definition) is 2. The van der Waals surface area contributed by atoms with E-state index in [1.165, 1.54) is 17.5 Å². The smallest absolute Gasteiger partial charge is 0.120 e. The first-order valence-electron chi connectivity index (χ1n) is 4.84. The van der Waals surface area contributed by atoms with Crippen LogP contribution in [0.3, 0.4) is 0 Å². The van der Waals surface area contributed by atoms with Gasteiger partial charge in [0.1, 0.15) is 5.75 Å². The number of fused-ring (bicyclic) bond motifs is 1. The Morgan fingerprint density at radius 3 is 3.00 bits per heavy atom. The predicted octanol–water partition coefficient (Wildman–Crippen LogP) is 2.79. The maximum Gasteiger partial charge on any atom is 0.120 e. The van der Waals surface area contributed by atoms with Crippen LogP contribution in [0.1, 0.15) is 30.0 Å². The summed E-state index contributed by atoms with van der Waals surface area (Å²) in [5.74, 6) is 0.882. The monoisotopic (exact) mass is 255 g/mol. The molecule has 1 aromatic rings. The van der Waals surface area contributed by atoms with E-state index in [0.717, 1.165) is 23.1 Å². The molecule has 0 fully saturated rings. The van der Waals surface area contributed by atoms with Crippen molar-refractivity contribution in [3.05, 3.63) is 27.7 Å². The third kappa shape index (κ3) is 1.66. The van der Waals surface area contributed by atoms with E-state index in [1.807, 2.05) is 6.07 Å². The average Bonchev–Trinajstić information content (AvgIpc) is 2.19. The van der Waals surface area contributed by atoms with Crippen molar-refractivity contribution in [1.82, 2.24) is 0 Å². The van der Waals surface area contributed by atoms with Crippen LogP contribution in [0.15, 0.2) is 16.6 Å². The lowest BCUT2D eigenvalue weighted by atomic mass is 9.88. The zero-order chi connectivity index (χ0) is 10.1. The highest BCUT2D eigenvalue weighted by atomic mass is 79.9. The largest absolute Gasteiger partial charge is 0.497 e. The molecule has 14 heavy (non-hydrogen) atoms. The summed E-state index contributed by atoms with van der Waals surface area (Å²) in [6.07, 6.45) is 3.37. The van der Waals surface area contributed by atoms with Gasteiger partial charge in [0.25, 0.3) is 0 Å². The lowest BCUT2D eigenvalue weighted by Crippen LogP contribution is -2.17. The third-order valence-corrected chi connectivity index (χ3v) is 3.49. The predicted molar refractivity (Wildman–Crippen MR) is 60.6 cm³/mol. The lowest BCUT2D eigenvalue weighted by molar-refractivity contribution is 0.412. The molecule has 0 saturated carbocycles. The van der Waals surface area contributed by atoms with Crippen LogP contribution in [0.4, 0.5) is 0 Å². The highest BCUT2D eigenvalue weighted by Gasteiger charge is 2.19. The van der Waals surface area contributed by atoms with Crippen molar-refractivity contribution in [3.8, 4) is 5.75 Å². The molecule has 0 radical (unpaired) electrons. The van der Waals surface area contributed by atoms with Crippen LogP contribution >= 0.6 is 15.9 Å². The van der Waals surface area contributed by atoms with Crippen molar-refractivity contribution < 1.29 is 4.74 Å². The molecule has 2 rings (SSSR count). The number of hydrogen-bond donors (Lipinski definition) is 1. The van der Waals surface area contributed by atoms with Crippen LogP contribution in [0, 0.1) is 0 Å². The van der Waals surface area contributed by atoms with Gasteiger partial charge in [0.2, 0.25) is 0 Å². The normalized spacial score (nSPS) is 20.4. The summed E-state index contributed by atoms with van der Waals surface area (Å²) in [5.41, 5.74) is 8.65. The summed E-state index contributed by atoms with van der Waals surface area (Å²) in [7, 11) is 1.68. The van der Waals surface area contributed by atoms with Crippen molar-refractivity contribution in [1.29, 1.82) is 0 Å². The van der Waals surface area contributed by atoms with Crippen LogP contribution in [-0.4, -0.2) is 7.11 Å². The molecular weight excluding hydrogens is 242 g/mol. The maximum absolute atomic E-state index is 6.06. The molecule has 1 aliphatic rings. The first kappa shape index (κ1) is 9.99. The Hall–Kier alpha value is -0.540. The van der Waals surface area contributed by atoms with Gasteiger partial charge in [-0.25, -0.2) is 0 Å². The average molecular weight is 256 g/mol. The van der Waals surface area contributed by atoms with Gasteiger partial charge in [-0.3, -0.25) is 0 Å². The lowest BCUT2D eigenvalue weighted by Gasteiger charge is -2.23. The van der Waals surface area contributed by atoms with Gasteiger partial charge >= 0.3 is 0 Å². The zero-order valence-corrected chi connectivity index (χ0v) is 9.80. The SMILES string of the molecule is COc1cc(Br)c2c(c1)[C@@H](N)CCC2. The Kier molecular flexibility index (Phi) is 2.79. The second-order valence-electron chi connectivity index (χ2n) is 3.68. The van der Waals surface area contributed by atoms with Gasteiger partial charge in [-0.05, 0) is 42.5 Å².